The first-order chi connectivity index (χ1) is 4.72. The molecule has 0 aromatic carbocycles. The van der Waals surface area contributed by atoms with Crippen LogP contribution in [0.15, 0.2) is 0 Å². The summed E-state index contributed by atoms with van der Waals surface area (Å²) in [5, 5.41) is 3.13. The highest BCUT2D eigenvalue weighted by Gasteiger charge is 2.09. The quantitative estimate of drug-likeness (QED) is 0.475. The van der Waals surface area contributed by atoms with Crippen LogP contribution in [0, 0.1) is 5.92 Å². The summed E-state index contributed by atoms with van der Waals surface area (Å²) >= 11 is 0. The van der Waals surface area contributed by atoms with Crippen molar-refractivity contribution in [3.8, 4) is 0 Å². The van der Waals surface area contributed by atoms with Gasteiger partial charge in [0.2, 0.25) is 0 Å². The lowest BCUT2D eigenvalue weighted by Gasteiger charge is -2.20. The fraction of sp³-hybridized carbons (Fsp3) is 1.00. The fourth-order valence-electron chi connectivity index (χ4n) is 0.859. The third-order valence-corrected chi connectivity index (χ3v) is 1.56. The van der Waals surface area contributed by atoms with Crippen LogP contribution in [0.5, 0.6) is 0 Å². The Kier molecular flexibility index (Phi) is 5.58. The van der Waals surface area contributed by atoms with Crippen molar-refractivity contribution in [3.05, 3.63) is 0 Å². The van der Waals surface area contributed by atoms with Gasteiger partial charge in [-0.1, -0.05) is 13.8 Å². The summed E-state index contributed by atoms with van der Waals surface area (Å²) in [6, 6.07) is 0.509. The van der Waals surface area contributed by atoms with Gasteiger partial charge in [0.25, 0.3) is 0 Å². The van der Waals surface area contributed by atoms with Crippen LogP contribution in [0.4, 0.5) is 0 Å². The van der Waals surface area contributed by atoms with E-state index in [1.807, 2.05) is 14.1 Å². The number of nitrogens with one attached hydrogen (secondary N) is 3. The van der Waals surface area contributed by atoms with E-state index >= 15 is 0 Å². The SMILES string of the molecule is CNCC(NNC)C(C)C. The van der Waals surface area contributed by atoms with E-state index in [-0.39, 0.29) is 0 Å². The van der Waals surface area contributed by atoms with Crippen molar-refractivity contribution in [1.29, 1.82) is 0 Å². The molecule has 0 aliphatic rings. The molecule has 3 nitrogen and oxygen atoms in total. The lowest BCUT2D eigenvalue weighted by Crippen LogP contribution is -2.46. The maximum atomic E-state index is 3.17. The zero-order valence-corrected chi connectivity index (χ0v) is 7.36. The van der Waals surface area contributed by atoms with Crippen molar-refractivity contribution in [3.63, 3.8) is 0 Å². The third kappa shape index (κ3) is 3.82. The van der Waals surface area contributed by atoms with Crippen molar-refractivity contribution in [2.24, 2.45) is 5.92 Å². The first-order valence-electron chi connectivity index (χ1n) is 3.79. The normalized spacial score (nSPS) is 14.1. The summed E-state index contributed by atoms with van der Waals surface area (Å²) in [6.07, 6.45) is 0. The second-order valence-corrected chi connectivity index (χ2v) is 2.80. The number of hydrogen-bond acceptors (Lipinski definition) is 3. The smallest absolute Gasteiger partial charge is 0.0360 e. The van der Waals surface area contributed by atoms with E-state index in [2.05, 4.69) is 30.0 Å². The van der Waals surface area contributed by atoms with Gasteiger partial charge < -0.3 is 5.32 Å². The molecule has 3 N–H and O–H groups in total. The van der Waals surface area contributed by atoms with Gasteiger partial charge in [-0.05, 0) is 20.0 Å². The Hall–Kier alpha value is -0.120. The second kappa shape index (κ2) is 5.65. The minimum atomic E-state index is 0.509. The van der Waals surface area contributed by atoms with Gasteiger partial charge in [0.05, 0.1) is 0 Å². The van der Waals surface area contributed by atoms with Gasteiger partial charge in [-0.3, -0.25) is 10.9 Å². The highest BCUT2D eigenvalue weighted by atomic mass is 15.4. The molecular weight excluding hydrogens is 126 g/mol. The molecule has 0 bridgehead atoms. The summed E-state index contributed by atoms with van der Waals surface area (Å²) in [7, 11) is 3.86. The molecule has 1 unspecified atom stereocenters. The van der Waals surface area contributed by atoms with E-state index in [1.54, 1.807) is 0 Å². The molecule has 0 aliphatic carbocycles. The van der Waals surface area contributed by atoms with Crippen LogP contribution in [0.3, 0.4) is 0 Å². The zero-order chi connectivity index (χ0) is 7.98. The highest BCUT2D eigenvalue weighted by molar-refractivity contribution is 4.69. The molecule has 1 atom stereocenters. The van der Waals surface area contributed by atoms with Gasteiger partial charge in [0.15, 0.2) is 0 Å². The van der Waals surface area contributed by atoms with Crippen LogP contribution < -0.4 is 16.2 Å². The minimum Gasteiger partial charge on any atom is -0.318 e. The molecule has 0 amide bonds. The molecule has 0 fully saturated rings. The van der Waals surface area contributed by atoms with Gasteiger partial charge in [-0.15, -0.1) is 0 Å². The van der Waals surface area contributed by atoms with Crippen molar-refractivity contribution in [2.45, 2.75) is 19.9 Å². The molecule has 0 saturated carbocycles. The largest absolute Gasteiger partial charge is 0.318 e. The maximum absolute atomic E-state index is 3.17. The molecular formula is C7H19N3. The van der Waals surface area contributed by atoms with Crippen molar-refractivity contribution >= 4 is 0 Å². The summed E-state index contributed by atoms with van der Waals surface area (Å²) in [4.78, 5) is 0. The second-order valence-electron chi connectivity index (χ2n) is 2.80. The lowest BCUT2D eigenvalue weighted by atomic mass is 10.1. The molecule has 10 heavy (non-hydrogen) atoms. The summed E-state index contributed by atoms with van der Waals surface area (Å²) in [5.41, 5.74) is 6.11. The molecule has 0 aromatic rings. The Bertz CT molecular complexity index is 67.3. The molecule has 0 aromatic heterocycles. The summed E-state index contributed by atoms with van der Waals surface area (Å²) < 4.78 is 0. The van der Waals surface area contributed by atoms with Crippen molar-refractivity contribution in [2.75, 3.05) is 20.6 Å². The third-order valence-electron chi connectivity index (χ3n) is 1.56. The number of rotatable bonds is 5. The molecule has 0 spiro atoms. The Morgan fingerprint density at radius 3 is 2.10 bits per heavy atom. The molecule has 0 rings (SSSR count). The molecule has 0 aliphatic heterocycles. The van der Waals surface area contributed by atoms with E-state index in [9.17, 15) is 0 Å². The molecule has 0 heterocycles. The standard InChI is InChI=1S/C7H19N3/c1-6(2)7(5-8-3)10-9-4/h6-10H,5H2,1-4H3. The average molecular weight is 145 g/mol. The van der Waals surface area contributed by atoms with Crippen LogP contribution in [0.2, 0.25) is 0 Å². The van der Waals surface area contributed by atoms with Crippen LogP contribution in [-0.2, 0) is 0 Å². The first kappa shape index (κ1) is 9.88. The lowest BCUT2D eigenvalue weighted by molar-refractivity contribution is 0.357. The van der Waals surface area contributed by atoms with E-state index < -0.39 is 0 Å². The van der Waals surface area contributed by atoms with Gasteiger partial charge >= 0.3 is 0 Å². The number of hydrazine groups is 1. The topological polar surface area (TPSA) is 36.1 Å². The Morgan fingerprint density at radius 2 is 1.80 bits per heavy atom. The maximum Gasteiger partial charge on any atom is 0.0360 e. The van der Waals surface area contributed by atoms with E-state index in [0.717, 1.165) is 6.54 Å². The van der Waals surface area contributed by atoms with E-state index in [1.165, 1.54) is 0 Å². The Labute approximate surface area is 63.5 Å². The Balaban J connectivity index is 3.50. The molecule has 0 saturated heterocycles. The average Bonchev–Trinajstić information content (AvgIpc) is 1.87. The molecule has 62 valence electrons. The molecule has 3 heteroatoms. The van der Waals surface area contributed by atoms with Crippen molar-refractivity contribution < 1.29 is 0 Å². The predicted octanol–water partition coefficient (Wildman–Crippen LogP) is -0.0456. The van der Waals surface area contributed by atoms with Gasteiger partial charge in [-0.25, -0.2) is 0 Å². The van der Waals surface area contributed by atoms with Gasteiger partial charge in [0.1, 0.15) is 0 Å². The van der Waals surface area contributed by atoms with E-state index in [4.69, 9.17) is 0 Å². The zero-order valence-electron chi connectivity index (χ0n) is 7.36. The minimum absolute atomic E-state index is 0.509. The summed E-state index contributed by atoms with van der Waals surface area (Å²) in [5.74, 6) is 0.653. The summed E-state index contributed by atoms with van der Waals surface area (Å²) in [6.45, 7) is 5.40. The van der Waals surface area contributed by atoms with Crippen LogP contribution in [0.1, 0.15) is 13.8 Å². The van der Waals surface area contributed by atoms with Gasteiger partial charge in [0, 0.05) is 12.6 Å². The fourth-order valence-corrected chi connectivity index (χ4v) is 0.859. The Morgan fingerprint density at radius 1 is 1.20 bits per heavy atom. The highest BCUT2D eigenvalue weighted by Crippen LogP contribution is 1.97. The van der Waals surface area contributed by atoms with Crippen LogP contribution in [0.25, 0.3) is 0 Å². The monoisotopic (exact) mass is 145 g/mol. The first-order valence-corrected chi connectivity index (χ1v) is 3.79. The van der Waals surface area contributed by atoms with Crippen molar-refractivity contribution in [1.82, 2.24) is 16.2 Å². The number of hydrogen-bond donors (Lipinski definition) is 3. The van der Waals surface area contributed by atoms with Gasteiger partial charge in [-0.2, -0.15) is 0 Å². The van der Waals surface area contributed by atoms with Crippen LogP contribution >= 0.6 is 0 Å². The van der Waals surface area contributed by atoms with E-state index in [0.29, 0.717) is 12.0 Å². The number of likely N-dealkylation sites (N-methyl/N-ethyl adjacent to an activating group) is 1. The van der Waals surface area contributed by atoms with Crippen LogP contribution in [-0.4, -0.2) is 26.7 Å². The molecule has 0 radical (unpaired) electrons. The predicted molar refractivity (Wildman–Crippen MR) is 44.7 cm³/mol.